The average Bonchev–Trinajstić information content (AvgIpc) is 3.24. The van der Waals surface area contributed by atoms with Crippen molar-refractivity contribution < 1.29 is 23.5 Å². The SMILES string of the molecule is CCOC(=O)c1nn(-c2ccc(F)cc2)c(=O)c2c(NC(=O)c3ccccc3OC)scc12. The number of methoxy groups -OCH3 is 1. The first kappa shape index (κ1) is 22.2. The van der Waals surface area contributed by atoms with Crippen LogP contribution in [0.1, 0.15) is 27.8 Å². The number of para-hydroxylation sites is 1. The van der Waals surface area contributed by atoms with Gasteiger partial charge in [-0.3, -0.25) is 9.59 Å². The summed E-state index contributed by atoms with van der Waals surface area (Å²) in [7, 11) is 1.45. The minimum Gasteiger partial charge on any atom is -0.496 e. The van der Waals surface area contributed by atoms with Crippen LogP contribution >= 0.6 is 11.3 Å². The van der Waals surface area contributed by atoms with Crippen LogP contribution in [0.2, 0.25) is 0 Å². The number of carbonyl (C=O) groups is 2. The van der Waals surface area contributed by atoms with Gasteiger partial charge in [-0.2, -0.15) is 9.78 Å². The van der Waals surface area contributed by atoms with Crippen molar-refractivity contribution in [3.05, 3.63) is 81.3 Å². The molecule has 0 aliphatic carbocycles. The quantitative estimate of drug-likeness (QED) is 0.430. The Morgan fingerprint density at radius 1 is 1.15 bits per heavy atom. The van der Waals surface area contributed by atoms with Crippen molar-refractivity contribution in [3.63, 3.8) is 0 Å². The predicted octanol–water partition coefficient (Wildman–Crippen LogP) is 4.02. The number of thiophene rings is 1. The van der Waals surface area contributed by atoms with Gasteiger partial charge in [0, 0.05) is 10.8 Å². The van der Waals surface area contributed by atoms with Crippen molar-refractivity contribution in [2.24, 2.45) is 0 Å². The van der Waals surface area contributed by atoms with E-state index < -0.39 is 23.3 Å². The zero-order valence-electron chi connectivity index (χ0n) is 17.6. The van der Waals surface area contributed by atoms with E-state index in [2.05, 4.69) is 10.4 Å². The van der Waals surface area contributed by atoms with E-state index in [4.69, 9.17) is 9.47 Å². The lowest BCUT2D eigenvalue weighted by molar-refractivity contribution is 0.0520. The number of anilines is 1. The van der Waals surface area contributed by atoms with Gasteiger partial charge in [-0.1, -0.05) is 12.1 Å². The number of halogens is 1. The molecule has 4 aromatic rings. The summed E-state index contributed by atoms with van der Waals surface area (Å²) < 4.78 is 24.7. The molecule has 2 heterocycles. The van der Waals surface area contributed by atoms with Crippen LogP contribution in [-0.4, -0.2) is 35.4 Å². The second-order valence-corrected chi connectivity index (χ2v) is 7.65. The van der Waals surface area contributed by atoms with Crippen LogP contribution in [0.5, 0.6) is 5.75 Å². The van der Waals surface area contributed by atoms with Crippen LogP contribution in [0.25, 0.3) is 16.5 Å². The van der Waals surface area contributed by atoms with E-state index in [0.717, 1.165) is 16.0 Å². The van der Waals surface area contributed by atoms with Crippen molar-refractivity contribution in [1.82, 2.24) is 9.78 Å². The Hall–Kier alpha value is -4.05. The molecule has 0 unspecified atom stereocenters. The van der Waals surface area contributed by atoms with Gasteiger partial charge < -0.3 is 14.8 Å². The number of fused-ring (bicyclic) bond motifs is 1. The van der Waals surface area contributed by atoms with Gasteiger partial charge in [0.1, 0.15) is 16.6 Å². The normalized spacial score (nSPS) is 10.8. The number of esters is 1. The van der Waals surface area contributed by atoms with Crippen LogP contribution in [0, 0.1) is 5.82 Å². The summed E-state index contributed by atoms with van der Waals surface area (Å²) in [4.78, 5) is 38.9. The second-order valence-electron chi connectivity index (χ2n) is 6.77. The van der Waals surface area contributed by atoms with Gasteiger partial charge in [0.15, 0.2) is 5.69 Å². The summed E-state index contributed by atoms with van der Waals surface area (Å²) in [6.45, 7) is 1.76. The van der Waals surface area contributed by atoms with Crippen LogP contribution in [0.4, 0.5) is 9.39 Å². The fourth-order valence-electron chi connectivity index (χ4n) is 3.25. The van der Waals surface area contributed by atoms with E-state index in [0.29, 0.717) is 5.75 Å². The highest BCUT2D eigenvalue weighted by atomic mass is 32.1. The molecule has 0 atom stereocenters. The number of hydrogen-bond acceptors (Lipinski definition) is 7. The lowest BCUT2D eigenvalue weighted by Crippen LogP contribution is -2.25. The lowest BCUT2D eigenvalue weighted by atomic mass is 10.2. The van der Waals surface area contributed by atoms with Gasteiger partial charge in [-0.15, -0.1) is 11.3 Å². The zero-order valence-corrected chi connectivity index (χ0v) is 18.4. The van der Waals surface area contributed by atoms with Gasteiger partial charge in [0.05, 0.1) is 30.4 Å². The molecule has 1 amide bonds. The largest absolute Gasteiger partial charge is 0.496 e. The molecule has 0 saturated carbocycles. The average molecular weight is 467 g/mol. The predicted molar refractivity (Wildman–Crippen MR) is 122 cm³/mol. The summed E-state index contributed by atoms with van der Waals surface area (Å²) in [6.07, 6.45) is 0. The molecule has 0 aliphatic heterocycles. The number of amides is 1. The minimum absolute atomic E-state index is 0.0885. The van der Waals surface area contributed by atoms with Crippen LogP contribution in [-0.2, 0) is 4.74 Å². The molecular formula is C23H18FN3O5S. The Morgan fingerprint density at radius 2 is 1.88 bits per heavy atom. The number of nitrogens with zero attached hydrogens (tertiary/aromatic N) is 2. The van der Waals surface area contributed by atoms with Crippen LogP contribution < -0.4 is 15.6 Å². The molecule has 8 nitrogen and oxygen atoms in total. The van der Waals surface area contributed by atoms with E-state index >= 15 is 0 Å². The molecule has 2 aromatic heterocycles. The Balaban J connectivity index is 1.88. The first-order chi connectivity index (χ1) is 15.9. The van der Waals surface area contributed by atoms with Crippen molar-refractivity contribution >= 4 is 39.0 Å². The Morgan fingerprint density at radius 3 is 2.58 bits per heavy atom. The number of nitrogens with one attached hydrogen (secondary N) is 1. The summed E-state index contributed by atoms with van der Waals surface area (Å²) in [5, 5.41) is 9.03. The van der Waals surface area contributed by atoms with Crippen molar-refractivity contribution in [2.45, 2.75) is 6.92 Å². The van der Waals surface area contributed by atoms with Gasteiger partial charge in [0.25, 0.3) is 11.5 Å². The Bertz CT molecular complexity index is 1410. The molecule has 168 valence electrons. The number of hydrogen-bond donors (Lipinski definition) is 1. The number of benzene rings is 2. The summed E-state index contributed by atoms with van der Waals surface area (Å²) in [6, 6.07) is 11.7. The topological polar surface area (TPSA) is 99.5 Å². The van der Waals surface area contributed by atoms with Crippen LogP contribution in [0.15, 0.2) is 58.7 Å². The molecule has 10 heteroatoms. The molecular weight excluding hydrogens is 449 g/mol. The van der Waals surface area contributed by atoms with Gasteiger partial charge in [-0.25, -0.2) is 9.18 Å². The summed E-state index contributed by atoms with van der Waals surface area (Å²) >= 11 is 1.08. The molecule has 1 N–H and O–H groups in total. The number of aromatic nitrogens is 2. The van der Waals surface area contributed by atoms with Crippen molar-refractivity contribution in [2.75, 3.05) is 19.0 Å². The first-order valence-electron chi connectivity index (χ1n) is 9.86. The van der Waals surface area contributed by atoms with E-state index in [9.17, 15) is 18.8 Å². The second kappa shape index (κ2) is 9.21. The fourth-order valence-corrected chi connectivity index (χ4v) is 4.18. The van der Waals surface area contributed by atoms with E-state index in [1.54, 1.807) is 36.6 Å². The van der Waals surface area contributed by atoms with Gasteiger partial charge in [-0.05, 0) is 43.3 Å². The zero-order chi connectivity index (χ0) is 23.5. The third-order valence-electron chi connectivity index (χ3n) is 4.77. The Kier molecular flexibility index (Phi) is 6.18. The number of rotatable bonds is 6. The van der Waals surface area contributed by atoms with Crippen LogP contribution in [0.3, 0.4) is 0 Å². The third-order valence-corrected chi connectivity index (χ3v) is 5.67. The molecule has 33 heavy (non-hydrogen) atoms. The molecule has 0 saturated heterocycles. The lowest BCUT2D eigenvalue weighted by Gasteiger charge is -2.11. The monoisotopic (exact) mass is 467 g/mol. The smallest absolute Gasteiger partial charge is 0.359 e. The maximum Gasteiger partial charge on any atom is 0.359 e. The van der Waals surface area contributed by atoms with E-state index in [-0.39, 0.29) is 39.3 Å². The van der Waals surface area contributed by atoms with Crippen molar-refractivity contribution in [1.29, 1.82) is 0 Å². The van der Waals surface area contributed by atoms with E-state index in [1.807, 2.05) is 0 Å². The molecule has 0 bridgehead atoms. The number of carbonyl (C=O) groups excluding carboxylic acids is 2. The highest BCUT2D eigenvalue weighted by Gasteiger charge is 2.24. The van der Waals surface area contributed by atoms with Gasteiger partial charge in [0.2, 0.25) is 0 Å². The standard InChI is InChI=1S/C23H18FN3O5S/c1-3-32-23(30)19-16-12-33-21(25-20(28)15-6-4-5-7-17(15)31-2)18(16)22(29)27(26-19)14-10-8-13(24)9-11-14/h4-12H,3H2,1-2H3,(H,25,28). The van der Waals surface area contributed by atoms with Gasteiger partial charge >= 0.3 is 5.97 Å². The summed E-state index contributed by atoms with van der Waals surface area (Å²) in [5.74, 6) is -1.33. The molecule has 0 radical (unpaired) electrons. The first-order valence-corrected chi connectivity index (χ1v) is 10.7. The third kappa shape index (κ3) is 4.20. The molecule has 0 spiro atoms. The highest BCUT2D eigenvalue weighted by molar-refractivity contribution is 7.16. The molecule has 2 aromatic carbocycles. The molecule has 4 rings (SSSR count). The maximum atomic E-state index is 13.4. The summed E-state index contributed by atoms with van der Waals surface area (Å²) in [5.41, 5.74) is -0.145. The minimum atomic E-state index is -0.723. The molecule has 0 aliphatic rings. The fraction of sp³-hybridized carbons (Fsp3) is 0.130. The Labute approximate surface area is 191 Å². The van der Waals surface area contributed by atoms with Crippen molar-refractivity contribution in [3.8, 4) is 11.4 Å². The van der Waals surface area contributed by atoms with E-state index in [1.165, 1.54) is 31.4 Å². The number of ether oxygens (including phenoxy) is 2. The highest BCUT2D eigenvalue weighted by Crippen LogP contribution is 2.31. The molecule has 0 fully saturated rings. The maximum absolute atomic E-state index is 13.4.